The Bertz CT molecular complexity index is 630. The van der Waals surface area contributed by atoms with Gasteiger partial charge in [-0.1, -0.05) is 12.1 Å². The third kappa shape index (κ3) is 6.44. The van der Waals surface area contributed by atoms with Crippen molar-refractivity contribution < 1.29 is 9.47 Å². The summed E-state index contributed by atoms with van der Waals surface area (Å²) in [6.45, 7) is 9.16. The fraction of sp³-hybridized carbons (Fsp3) is 0.421. The highest BCUT2D eigenvalue weighted by Crippen LogP contribution is 2.33. The maximum absolute atomic E-state index is 5.75. The third-order valence-corrected chi connectivity index (χ3v) is 3.72. The summed E-state index contributed by atoms with van der Waals surface area (Å²) in [5.41, 5.74) is 2.30. The van der Waals surface area contributed by atoms with E-state index in [-0.39, 0.29) is 12.4 Å². The van der Waals surface area contributed by atoms with Crippen LogP contribution in [-0.2, 0) is 19.5 Å². The Morgan fingerprint density at radius 2 is 2.20 bits per heavy atom. The third-order valence-electron chi connectivity index (χ3n) is 3.72. The van der Waals surface area contributed by atoms with E-state index in [0.29, 0.717) is 6.61 Å². The van der Waals surface area contributed by atoms with Crippen molar-refractivity contribution in [3.8, 4) is 11.5 Å². The van der Waals surface area contributed by atoms with Gasteiger partial charge in [0.15, 0.2) is 11.5 Å². The van der Waals surface area contributed by atoms with Gasteiger partial charge in [0.05, 0.1) is 20.0 Å². The number of hydrogen-bond acceptors (Lipinski definition) is 4. The van der Waals surface area contributed by atoms with Crippen molar-refractivity contribution >= 4 is 12.4 Å². The lowest BCUT2D eigenvalue weighted by molar-refractivity contribution is 0.308. The van der Waals surface area contributed by atoms with Crippen molar-refractivity contribution in [2.24, 2.45) is 0 Å². The first-order chi connectivity index (χ1) is 11.8. The molecule has 138 valence electrons. The maximum atomic E-state index is 5.75. The molecule has 25 heavy (non-hydrogen) atoms. The SMILES string of the molecule is C=CCc1cc(CNCCCn2ccnc2)cc(OC)c1OCC.Cl. The van der Waals surface area contributed by atoms with Gasteiger partial charge in [-0.15, -0.1) is 19.0 Å². The average molecular weight is 366 g/mol. The zero-order valence-corrected chi connectivity index (χ0v) is 15.8. The number of nitrogens with one attached hydrogen (secondary N) is 1. The quantitative estimate of drug-likeness (QED) is 0.488. The van der Waals surface area contributed by atoms with E-state index in [1.807, 2.05) is 31.6 Å². The summed E-state index contributed by atoms with van der Waals surface area (Å²) < 4.78 is 13.3. The monoisotopic (exact) mass is 365 g/mol. The second-order valence-electron chi connectivity index (χ2n) is 5.54. The highest BCUT2D eigenvalue weighted by Gasteiger charge is 2.12. The highest BCUT2D eigenvalue weighted by atomic mass is 35.5. The smallest absolute Gasteiger partial charge is 0.164 e. The van der Waals surface area contributed by atoms with Crippen LogP contribution in [-0.4, -0.2) is 29.8 Å². The number of halogens is 1. The molecule has 6 heteroatoms. The van der Waals surface area contributed by atoms with E-state index in [4.69, 9.17) is 9.47 Å². The van der Waals surface area contributed by atoms with Crippen molar-refractivity contribution in [1.82, 2.24) is 14.9 Å². The molecule has 1 N–H and O–H groups in total. The van der Waals surface area contributed by atoms with Gasteiger partial charge in [-0.3, -0.25) is 0 Å². The van der Waals surface area contributed by atoms with Gasteiger partial charge >= 0.3 is 0 Å². The van der Waals surface area contributed by atoms with Crippen LogP contribution in [0.5, 0.6) is 11.5 Å². The number of rotatable bonds is 11. The Kier molecular flexibility index (Phi) is 9.73. The van der Waals surface area contributed by atoms with E-state index in [0.717, 1.165) is 49.5 Å². The number of nitrogens with zero attached hydrogens (tertiary/aromatic N) is 2. The van der Waals surface area contributed by atoms with E-state index in [1.165, 1.54) is 5.56 Å². The standard InChI is InChI=1S/C19H27N3O2.ClH/c1-4-7-17-12-16(13-18(23-3)19(17)24-5-2)14-20-8-6-10-22-11-9-21-15-22;/h4,9,11-13,15,20H,1,5-8,10,14H2,2-3H3;1H. The van der Waals surface area contributed by atoms with Crippen molar-refractivity contribution in [3.05, 3.63) is 54.6 Å². The molecule has 0 radical (unpaired) electrons. The van der Waals surface area contributed by atoms with Gasteiger partial charge in [-0.25, -0.2) is 4.98 Å². The summed E-state index contributed by atoms with van der Waals surface area (Å²) >= 11 is 0. The predicted molar refractivity (Wildman–Crippen MR) is 104 cm³/mol. The van der Waals surface area contributed by atoms with E-state index in [1.54, 1.807) is 13.3 Å². The van der Waals surface area contributed by atoms with Gasteiger partial charge in [0, 0.05) is 31.0 Å². The zero-order chi connectivity index (χ0) is 17.2. The molecule has 0 spiro atoms. The van der Waals surface area contributed by atoms with Crippen LogP contribution in [0.1, 0.15) is 24.5 Å². The molecular formula is C19H28ClN3O2. The van der Waals surface area contributed by atoms with Crippen molar-refractivity contribution in [1.29, 1.82) is 0 Å². The summed E-state index contributed by atoms with van der Waals surface area (Å²) in [4.78, 5) is 4.05. The fourth-order valence-corrected chi connectivity index (χ4v) is 2.63. The molecule has 1 heterocycles. The summed E-state index contributed by atoms with van der Waals surface area (Å²) in [5.74, 6) is 1.61. The van der Waals surface area contributed by atoms with E-state index < -0.39 is 0 Å². The summed E-state index contributed by atoms with van der Waals surface area (Å²) in [6.07, 6.45) is 9.35. The average Bonchev–Trinajstić information content (AvgIpc) is 3.10. The van der Waals surface area contributed by atoms with Crippen LogP contribution < -0.4 is 14.8 Å². The molecule has 2 aromatic rings. The van der Waals surface area contributed by atoms with Crippen molar-refractivity contribution in [3.63, 3.8) is 0 Å². The zero-order valence-electron chi connectivity index (χ0n) is 15.0. The Morgan fingerprint density at radius 1 is 1.36 bits per heavy atom. The minimum Gasteiger partial charge on any atom is -0.493 e. The van der Waals surface area contributed by atoms with Crippen molar-refractivity contribution in [2.45, 2.75) is 32.9 Å². The molecule has 0 aliphatic rings. The van der Waals surface area contributed by atoms with Gasteiger partial charge in [-0.2, -0.15) is 0 Å². The van der Waals surface area contributed by atoms with E-state index >= 15 is 0 Å². The molecule has 0 bridgehead atoms. The second kappa shape index (κ2) is 11.6. The molecule has 0 saturated heterocycles. The van der Waals surface area contributed by atoms with Crippen LogP contribution in [0.2, 0.25) is 0 Å². The minimum atomic E-state index is 0. The minimum absolute atomic E-state index is 0. The maximum Gasteiger partial charge on any atom is 0.164 e. The second-order valence-corrected chi connectivity index (χ2v) is 5.54. The van der Waals surface area contributed by atoms with Gasteiger partial charge in [0.1, 0.15) is 0 Å². The molecule has 2 rings (SSSR count). The fourth-order valence-electron chi connectivity index (χ4n) is 2.63. The lowest BCUT2D eigenvalue weighted by Crippen LogP contribution is -2.16. The molecule has 0 amide bonds. The Morgan fingerprint density at radius 3 is 2.84 bits per heavy atom. The molecule has 1 aromatic carbocycles. The number of allylic oxidation sites excluding steroid dienone is 1. The van der Waals surface area contributed by atoms with Crippen molar-refractivity contribution in [2.75, 3.05) is 20.3 Å². The number of aryl methyl sites for hydroxylation is 1. The number of hydrogen-bond donors (Lipinski definition) is 1. The number of methoxy groups -OCH3 is 1. The van der Waals surface area contributed by atoms with Gasteiger partial charge in [0.2, 0.25) is 0 Å². The topological polar surface area (TPSA) is 48.3 Å². The van der Waals surface area contributed by atoms with Crippen LogP contribution in [0, 0.1) is 0 Å². The van der Waals surface area contributed by atoms with Gasteiger partial charge in [0.25, 0.3) is 0 Å². The van der Waals surface area contributed by atoms with Gasteiger partial charge < -0.3 is 19.4 Å². The first-order valence-corrected chi connectivity index (χ1v) is 8.38. The Labute approximate surface area is 156 Å². The molecule has 0 atom stereocenters. The Hall–Kier alpha value is -1.98. The molecule has 0 fully saturated rings. The molecular weight excluding hydrogens is 338 g/mol. The summed E-state index contributed by atoms with van der Waals surface area (Å²) in [7, 11) is 1.68. The highest BCUT2D eigenvalue weighted by molar-refractivity contribution is 5.85. The van der Waals surface area contributed by atoms with Crippen LogP contribution in [0.3, 0.4) is 0 Å². The normalized spacial score (nSPS) is 10.2. The molecule has 0 saturated carbocycles. The molecule has 1 aromatic heterocycles. The number of aromatic nitrogens is 2. The molecule has 5 nitrogen and oxygen atoms in total. The first-order valence-electron chi connectivity index (χ1n) is 8.38. The summed E-state index contributed by atoms with van der Waals surface area (Å²) in [6, 6.07) is 4.21. The van der Waals surface area contributed by atoms with Crippen LogP contribution in [0.4, 0.5) is 0 Å². The molecule has 0 aliphatic heterocycles. The first kappa shape index (κ1) is 21.1. The number of benzene rings is 1. The predicted octanol–water partition coefficient (Wildman–Crippen LogP) is 3.62. The largest absolute Gasteiger partial charge is 0.493 e. The number of imidazole rings is 1. The van der Waals surface area contributed by atoms with Gasteiger partial charge in [-0.05, 0) is 37.9 Å². The van der Waals surface area contributed by atoms with Crippen LogP contribution in [0.15, 0.2) is 43.5 Å². The van der Waals surface area contributed by atoms with Crippen LogP contribution in [0.25, 0.3) is 0 Å². The summed E-state index contributed by atoms with van der Waals surface area (Å²) in [5, 5.41) is 3.48. The molecule has 0 unspecified atom stereocenters. The van der Waals surface area contributed by atoms with Crippen LogP contribution >= 0.6 is 12.4 Å². The lowest BCUT2D eigenvalue weighted by Gasteiger charge is -2.16. The lowest BCUT2D eigenvalue weighted by atomic mass is 10.1. The van der Waals surface area contributed by atoms with E-state index in [2.05, 4.69) is 27.5 Å². The molecule has 0 aliphatic carbocycles. The number of ether oxygens (including phenoxy) is 2. The van der Waals surface area contributed by atoms with E-state index in [9.17, 15) is 0 Å². The Balaban J connectivity index is 0.00000312.